The van der Waals surface area contributed by atoms with Gasteiger partial charge in [-0.05, 0) is 51.2 Å². The maximum absolute atomic E-state index is 13.1. The standard InChI is InChI=1S/C26H30O6/c1-6-30-24(28)20-18(15-13-17-10-8-7-9-11-17)21-23(31-26(4,5)32-25(21)29)19(22(20)27)14-12-16(2)3/h7-12,27H,6,13-15H2,1-5H3. The van der Waals surface area contributed by atoms with Crippen molar-refractivity contribution in [1.82, 2.24) is 0 Å². The van der Waals surface area contributed by atoms with Gasteiger partial charge in [-0.15, -0.1) is 0 Å². The molecule has 1 heterocycles. The number of aromatic hydroxyl groups is 1. The largest absolute Gasteiger partial charge is 0.507 e. The highest BCUT2D eigenvalue weighted by Gasteiger charge is 2.40. The van der Waals surface area contributed by atoms with E-state index in [4.69, 9.17) is 14.2 Å². The molecule has 6 nitrogen and oxygen atoms in total. The first-order valence-electron chi connectivity index (χ1n) is 10.8. The molecule has 0 atom stereocenters. The first-order valence-corrected chi connectivity index (χ1v) is 10.8. The molecule has 0 fully saturated rings. The monoisotopic (exact) mass is 438 g/mol. The Kier molecular flexibility index (Phi) is 6.92. The van der Waals surface area contributed by atoms with Gasteiger partial charge in [0.1, 0.15) is 22.6 Å². The molecule has 32 heavy (non-hydrogen) atoms. The van der Waals surface area contributed by atoms with Crippen LogP contribution in [0.3, 0.4) is 0 Å². The van der Waals surface area contributed by atoms with Crippen molar-refractivity contribution in [3.05, 3.63) is 69.8 Å². The number of ether oxygens (including phenoxy) is 3. The molecule has 2 aromatic rings. The molecule has 0 unspecified atom stereocenters. The van der Waals surface area contributed by atoms with Gasteiger partial charge in [0.25, 0.3) is 0 Å². The Hall–Kier alpha value is -3.28. The summed E-state index contributed by atoms with van der Waals surface area (Å²) in [4.78, 5) is 26.0. The fourth-order valence-electron chi connectivity index (χ4n) is 3.77. The summed E-state index contributed by atoms with van der Waals surface area (Å²) in [5, 5.41) is 11.2. The molecule has 1 N–H and O–H groups in total. The smallest absolute Gasteiger partial charge is 0.345 e. The number of carbonyl (C=O) groups is 2. The Balaban J connectivity index is 2.25. The molecule has 0 saturated carbocycles. The van der Waals surface area contributed by atoms with Crippen molar-refractivity contribution in [2.24, 2.45) is 0 Å². The summed E-state index contributed by atoms with van der Waals surface area (Å²) in [5.41, 5.74) is 2.99. The summed E-state index contributed by atoms with van der Waals surface area (Å²) in [6.07, 6.45) is 3.09. The lowest BCUT2D eigenvalue weighted by atomic mass is 9.88. The van der Waals surface area contributed by atoms with Crippen LogP contribution in [0.15, 0.2) is 42.0 Å². The minimum absolute atomic E-state index is 0.000978. The highest BCUT2D eigenvalue weighted by molar-refractivity contribution is 6.03. The molecule has 0 aliphatic carbocycles. The first kappa shape index (κ1) is 23.4. The Morgan fingerprint density at radius 1 is 1.09 bits per heavy atom. The minimum atomic E-state index is -1.20. The van der Waals surface area contributed by atoms with E-state index in [9.17, 15) is 14.7 Å². The summed E-state index contributed by atoms with van der Waals surface area (Å²) < 4.78 is 16.8. The van der Waals surface area contributed by atoms with Gasteiger partial charge in [-0.25, -0.2) is 9.59 Å². The van der Waals surface area contributed by atoms with Crippen LogP contribution in [-0.4, -0.2) is 29.4 Å². The van der Waals surface area contributed by atoms with E-state index in [1.165, 1.54) is 0 Å². The molecular formula is C26H30O6. The Morgan fingerprint density at radius 2 is 1.78 bits per heavy atom. The summed E-state index contributed by atoms with van der Waals surface area (Å²) in [7, 11) is 0. The SMILES string of the molecule is CCOC(=O)c1c(O)c(CC=C(C)C)c2c(c1CCc1ccccc1)C(=O)OC(C)(C)O2. The average Bonchev–Trinajstić information content (AvgIpc) is 2.71. The van der Waals surface area contributed by atoms with Gasteiger partial charge in [0, 0.05) is 19.4 Å². The van der Waals surface area contributed by atoms with Crippen LogP contribution >= 0.6 is 0 Å². The van der Waals surface area contributed by atoms with Gasteiger partial charge in [-0.2, -0.15) is 0 Å². The number of hydrogen-bond donors (Lipinski definition) is 1. The Bertz CT molecular complexity index is 1050. The summed E-state index contributed by atoms with van der Waals surface area (Å²) in [5.74, 6) is -2.40. The van der Waals surface area contributed by atoms with E-state index in [2.05, 4.69) is 0 Å². The van der Waals surface area contributed by atoms with Gasteiger partial charge in [0.2, 0.25) is 5.79 Å². The van der Waals surface area contributed by atoms with Crippen LogP contribution in [0.1, 0.15) is 72.0 Å². The topological polar surface area (TPSA) is 82.1 Å². The predicted molar refractivity (Wildman–Crippen MR) is 121 cm³/mol. The van der Waals surface area contributed by atoms with Crippen molar-refractivity contribution >= 4 is 11.9 Å². The lowest BCUT2D eigenvalue weighted by Gasteiger charge is -2.35. The lowest BCUT2D eigenvalue weighted by molar-refractivity contribution is -0.128. The molecule has 1 aliphatic heterocycles. The number of phenolic OH excluding ortho intramolecular Hbond substituents is 1. The summed E-state index contributed by atoms with van der Waals surface area (Å²) in [6, 6.07) is 9.72. The van der Waals surface area contributed by atoms with E-state index in [0.717, 1.165) is 11.1 Å². The minimum Gasteiger partial charge on any atom is -0.507 e. The van der Waals surface area contributed by atoms with Crippen molar-refractivity contribution in [2.45, 2.75) is 59.7 Å². The van der Waals surface area contributed by atoms with E-state index in [0.29, 0.717) is 30.4 Å². The second-order valence-corrected chi connectivity index (χ2v) is 8.47. The number of carbonyl (C=O) groups excluding carboxylic acids is 2. The van der Waals surface area contributed by atoms with Crippen LogP contribution in [0.2, 0.25) is 0 Å². The third kappa shape index (κ3) is 4.96. The highest BCUT2D eigenvalue weighted by atomic mass is 16.7. The summed E-state index contributed by atoms with van der Waals surface area (Å²) >= 11 is 0. The molecule has 3 rings (SSSR count). The van der Waals surface area contributed by atoms with E-state index in [-0.39, 0.29) is 29.2 Å². The first-order chi connectivity index (χ1) is 15.1. The van der Waals surface area contributed by atoms with Gasteiger partial charge in [-0.1, -0.05) is 42.0 Å². The fraction of sp³-hybridized carbons (Fsp3) is 0.385. The second kappa shape index (κ2) is 9.47. The number of fused-ring (bicyclic) bond motifs is 1. The zero-order valence-corrected chi connectivity index (χ0v) is 19.3. The molecule has 0 radical (unpaired) electrons. The normalized spacial score (nSPS) is 14.1. The van der Waals surface area contributed by atoms with Crippen LogP contribution in [0.5, 0.6) is 11.5 Å². The van der Waals surface area contributed by atoms with E-state index in [1.54, 1.807) is 20.8 Å². The third-order valence-electron chi connectivity index (χ3n) is 5.22. The van der Waals surface area contributed by atoms with Gasteiger partial charge in [0.05, 0.1) is 6.61 Å². The predicted octanol–water partition coefficient (Wildman–Crippen LogP) is 5.15. The maximum atomic E-state index is 13.1. The molecule has 0 amide bonds. The molecule has 2 aromatic carbocycles. The Morgan fingerprint density at radius 3 is 2.41 bits per heavy atom. The number of esters is 2. The number of hydrogen-bond acceptors (Lipinski definition) is 6. The van der Waals surface area contributed by atoms with Crippen LogP contribution in [0.25, 0.3) is 0 Å². The van der Waals surface area contributed by atoms with Crippen molar-refractivity contribution < 1.29 is 28.9 Å². The molecule has 0 spiro atoms. The molecular weight excluding hydrogens is 408 g/mol. The second-order valence-electron chi connectivity index (χ2n) is 8.47. The number of aryl methyl sites for hydroxylation is 1. The van der Waals surface area contributed by atoms with Gasteiger partial charge in [-0.3, -0.25) is 0 Å². The van der Waals surface area contributed by atoms with Gasteiger partial charge in [0.15, 0.2) is 0 Å². The molecule has 0 bridgehead atoms. The van der Waals surface area contributed by atoms with E-state index < -0.39 is 17.7 Å². The van der Waals surface area contributed by atoms with E-state index in [1.807, 2.05) is 50.3 Å². The maximum Gasteiger partial charge on any atom is 0.345 e. The number of phenols is 1. The van der Waals surface area contributed by atoms with Crippen LogP contribution in [0, 0.1) is 0 Å². The lowest BCUT2D eigenvalue weighted by Crippen LogP contribution is -2.40. The van der Waals surface area contributed by atoms with E-state index >= 15 is 0 Å². The fourth-order valence-corrected chi connectivity index (χ4v) is 3.77. The van der Waals surface area contributed by atoms with Gasteiger partial charge < -0.3 is 19.3 Å². The van der Waals surface area contributed by atoms with Crippen LogP contribution in [0.4, 0.5) is 0 Å². The third-order valence-corrected chi connectivity index (χ3v) is 5.22. The molecule has 0 saturated heterocycles. The zero-order valence-electron chi connectivity index (χ0n) is 19.3. The van der Waals surface area contributed by atoms with Gasteiger partial charge >= 0.3 is 11.9 Å². The number of rotatable bonds is 7. The zero-order chi connectivity index (χ0) is 23.5. The van der Waals surface area contributed by atoms with Crippen molar-refractivity contribution in [3.8, 4) is 11.5 Å². The molecule has 1 aliphatic rings. The number of benzene rings is 2. The van der Waals surface area contributed by atoms with Crippen molar-refractivity contribution in [2.75, 3.05) is 6.61 Å². The van der Waals surface area contributed by atoms with Crippen molar-refractivity contribution in [1.29, 1.82) is 0 Å². The highest BCUT2D eigenvalue weighted by Crippen LogP contribution is 2.44. The van der Waals surface area contributed by atoms with Crippen LogP contribution in [-0.2, 0) is 28.7 Å². The summed E-state index contributed by atoms with van der Waals surface area (Å²) in [6.45, 7) is 8.98. The quantitative estimate of drug-likeness (QED) is 0.476. The number of cyclic esters (lactones) is 1. The Labute approximate surface area is 188 Å². The average molecular weight is 439 g/mol. The molecule has 0 aromatic heterocycles. The molecule has 6 heteroatoms. The van der Waals surface area contributed by atoms with Crippen LogP contribution < -0.4 is 4.74 Å². The molecule has 170 valence electrons. The number of allylic oxidation sites excluding steroid dienone is 2. The van der Waals surface area contributed by atoms with Crippen molar-refractivity contribution in [3.63, 3.8) is 0 Å².